The smallest absolute Gasteiger partial charge is 0.322 e. The monoisotopic (exact) mass is 222 g/mol. The van der Waals surface area contributed by atoms with E-state index in [0.717, 1.165) is 4.31 Å². The second-order valence-corrected chi connectivity index (χ2v) is 4.82. The highest BCUT2D eigenvalue weighted by Crippen LogP contribution is 2.19. The van der Waals surface area contributed by atoms with Gasteiger partial charge in [0.05, 0.1) is 0 Å². The van der Waals surface area contributed by atoms with Gasteiger partial charge in [-0.05, 0) is 12.8 Å². The van der Waals surface area contributed by atoms with Gasteiger partial charge in [-0.25, -0.2) is 4.72 Å². The van der Waals surface area contributed by atoms with Crippen LogP contribution < -0.4 is 4.72 Å². The molecule has 1 heterocycles. The molecule has 0 aromatic heterocycles. The lowest BCUT2D eigenvalue weighted by Crippen LogP contribution is -2.46. The molecule has 0 radical (unpaired) electrons. The SMILES string of the molecule is CCNS(=O)(=O)N1CCC[C@H]1C(=O)O. The summed E-state index contributed by atoms with van der Waals surface area (Å²) in [7, 11) is -3.60. The Morgan fingerprint density at radius 1 is 1.64 bits per heavy atom. The molecule has 0 unspecified atom stereocenters. The Morgan fingerprint density at radius 2 is 2.29 bits per heavy atom. The van der Waals surface area contributed by atoms with E-state index in [4.69, 9.17) is 5.11 Å². The van der Waals surface area contributed by atoms with E-state index < -0.39 is 22.2 Å². The highest BCUT2D eigenvalue weighted by molar-refractivity contribution is 7.87. The van der Waals surface area contributed by atoms with Crippen LogP contribution in [0, 0.1) is 0 Å². The van der Waals surface area contributed by atoms with Crippen LogP contribution in [0.15, 0.2) is 0 Å². The van der Waals surface area contributed by atoms with Crippen molar-refractivity contribution < 1.29 is 18.3 Å². The summed E-state index contributed by atoms with van der Waals surface area (Å²) in [5.41, 5.74) is 0. The minimum atomic E-state index is -3.60. The zero-order valence-corrected chi connectivity index (χ0v) is 8.75. The molecule has 82 valence electrons. The number of carboxylic acids is 1. The van der Waals surface area contributed by atoms with Crippen molar-refractivity contribution in [3.8, 4) is 0 Å². The van der Waals surface area contributed by atoms with Gasteiger partial charge in [-0.15, -0.1) is 0 Å². The predicted octanol–water partition coefficient (Wildman–Crippen LogP) is -0.610. The summed E-state index contributed by atoms with van der Waals surface area (Å²) in [6.45, 7) is 2.21. The van der Waals surface area contributed by atoms with Crippen LogP contribution in [0.5, 0.6) is 0 Å². The topological polar surface area (TPSA) is 86.7 Å². The molecule has 14 heavy (non-hydrogen) atoms. The number of nitrogens with one attached hydrogen (secondary N) is 1. The molecule has 1 aliphatic rings. The molecule has 1 atom stereocenters. The summed E-state index contributed by atoms with van der Waals surface area (Å²) in [5, 5.41) is 8.78. The molecular weight excluding hydrogens is 208 g/mol. The molecule has 0 spiro atoms. The van der Waals surface area contributed by atoms with E-state index in [-0.39, 0.29) is 13.1 Å². The minimum Gasteiger partial charge on any atom is -0.480 e. The molecule has 0 amide bonds. The first-order valence-corrected chi connectivity index (χ1v) is 5.92. The summed E-state index contributed by atoms with van der Waals surface area (Å²) < 4.78 is 26.3. The summed E-state index contributed by atoms with van der Waals surface area (Å²) in [5.74, 6) is -1.08. The quantitative estimate of drug-likeness (QED) is 0.664. The largest absolute Gasteiger partial charge is 0.480 e. The predicted molar refractivity (Wildman–Crippen MR) is 50.0 cm³/mol. The van der Waals surface area contributed by atoms with Crippen LogP contribution in [-0.4, -0.2) is 42.9 Å². The van der Waals surface area contributed by atoms with E-state index in [0.29, 0.717) is 12.8 Å². The van der Waals surface area contributed by atoms with Crippen molar-refractivity contribution in [3.05, 3.63) is 0 Å². The molecule has 1 fully saturated rings. The Hall–Kier alpha value is -0.660. The van der Waals surface area contributed by atoms with Crippen LogP contribution in [-0.2, 0) is 15.0 Å². The maximum Gasteiger partial charge on any atom is 0.322 e. The Morgan fingerprint density at radius 3 is 2.79 bits per heavy atom. The van der Waals surface area contributed by atoms with E-state index in [1.807, 2.05) is 0 Å². The van der Waals surface area contributed by atoms with Gasteiger partial charge in [-0.3, -0.25) is 4.79 Å². The number of aliphatic carboxylic acids is 1. The molecule has 0 bridgehead atoms. The van der Waals surface area contributed by atoms with Crippen molar-refractivity contribution in [3.63, 3.8) is 0 Å². The van der Waals surface area contributed by atoms with E-state index >= 15 is 0 Å². The maximum atomic E-state index is 11.5. The zero-order chi connectivity index (χ0) is 10.8. The van der Waals surface area contributed by atoms with Gasteiger partial charge in [-0.2, -0.15) is 12.7 Å². The minimum absolute atomic E-state index is 0.269. The molecule has 1 saturated heterocycles. The van der Waals surface area contributed by atoms with Crippen molar-refractivity contribution >= 4 is 16.2 Å². The average molecular weight is 222 g/mol. The van der Waals surface area contributed by atoms with Gasteiger partial charge in [-0.1, -0.05) is 6.92 Å². The zero-order valence-electron chi connectivity index (χ0n) is 7.93. The fourth-order valence-corrected chi connectivity index (χ4v) is 2.97. The van der Waals surface area contributed by atoms with Crippen LogP contribution in [0.1, 0.15) is 19.8 Å². The van der Waals surface area contributed by atoms with Crippen LogP contribution >= 0.6 is 0 Å². The number of carbonyl (C=O) groups is 1. The Kier molecular flexibility index (Phi) is 3.46. The van der Waals surface area contributed by atoms with Crippen LogP contribution in [0.4, 0.5) is 0 Å². The van der Waals surface area contributed by atoms with Crippen molar-refractivity contribution in [2.75, 3.05) is 13.1 Å². The van der Waals surface area contributed by atoms with Gasteiger partial charge < -0.3 is 5.11 Å². The molecule has 0 aromatic rings. The van der Waals surface area contributed by atoms with Gasteiger partial charge in [0, 0.05) is 13.1 Å². The van der Waals surface area contributed by atoms with Crippen LogP contribution in [0.25, 0.3) is 0 Å². The normalized spacial score (nSPS) is 23.9. The maximum absolute atomic E-state index is 11.5. The van der Waals surface area contributed by atoms with Gasteiger partial charge in [0.25, 0.3) is 10.2 Å². The lowest BCUT2D eigenvalue weighted by atomic mass is 10.2. The van der Waals surface area contributed by atoms with Gasteiger partial charge in [0.2, 0.25) is 0 Å². The van der Waals surface area contributed by atoms with E-state index in [1.54, 1.807) is 6.92 Å². The molecule has 0 aromatic carbocycles. The Labute approximate surface area is 83.1 Å². The number of carboxylic acid groups (broad SMARTS) is 1. The van der Waals surface area contributed by atoms with Crippen molar-refractivity contribution in [2.45, 2.75) is 25.8 Å². The van der Waals surface area contributed by atoms with Gasteiger partial charge in [0.1, 0.15) is 6.04 Å². The van der Waals surface area contributed by atoms with Crippen LogP contribution in [0.3, 0.4) is 0 Å². The molecule has 0 saturated carbocycles. The molecule has 7 heteroatoms. The third kappa shape index (κ3) is 2.23. The third-order valence-corrected chi connectivity index (χ3v) is 3.83. The number of hydrogen-bond acceptors (Lipinski definition) is 3. The molecule has 1 rings (SSSR count). The van der Waals surface area contributed by atoms with E-state index in [1.165, 1.54) is 0 Å². The molecule has 0 aliphatic carbocycles. The first kappa shape index (κ1) is 11.4. The third-order valence-electron chi connectivity index (χ3n) is 2.12. The standard InChI is InChI=1S/C7H14N2O4S/c1-2-8-14(12,13)9-5-3-4-6(9)7(10)11/h6,8H,2-5H2,1H3,(H,10,11)/t6-/m0/s1. The lowest BCUT2D eigenvalue weighted by Gasteiger charge is -2.20. The summed E-state index contributed by atoms with van der Waals surface area (Å²) in [6, 6.07) is -0.904. The van der Waals surface area contributed by atoms with E-state index in [2.05, 4.69) is 4.72 Å². The molecule has 2 N–H and O–H groups in total. The first-order chi connectivity index (χ1) is 6.49. The van der Waals surface area contributed by atoms with Gasteiger partial charge in [0.15, 0.2) is 0 Å². The fourth-order valence-electron chi connectivity index (χ4n) is 1.54. The molecule has 6 nitrogen and oxygen atoms in total. The number of hydrogen-bond donors (Lipinski definition) is 2. The lowest BCUT2D eigenvalue weighted by molar-refractivity contribution is -0.140. The number of nitrogens with zero attached hydrogens (tertiary/aromatic N) is 1. The average Bonchev–Trinajstić information content (AvgIpc) is 2.51. The summed E-state index contributed by atoms with van der Waals surface area (Å²) in [6.07, 6.45) is 0.988. The van der Waals surface area contributed by atoms with Gasteiger partial charge >= 0.3 is 5.97 Å². The molecular formula is C7H14N2O4S. The second kappa shape index (κ2) is 4.24. The first-order valence-electron chi connectivity index (χ1n) is 4.48. The Bertz CT molecular complexity index is 314. The van der Waals surface area contributed by atoms with Crippen molar-refractivity contribution in [1.29, 1.82) is 0 Å². The summed E-state index contributed by atoms with van der Waals surface area (Å²) in [4.78, 5) is 10.7. The highest BCUT2D eigenvalue weighted by atomic mass is 32.2. The summed E-state index contributed by atoms with van der Waals surface area (Å²) >= 11 is 0. The fraction of sp³-hybridized carbons (Fsp3) is 0.857. The second-order valence-electron chi connectivity index (χ2n) is 3.11. The van der Waals surface area contributed by atoms with Crippen molar-refractivity contribution in [2.24, 2.45) is 0 Å². The highest BCUT2D eigenvalue weighted by Gasteiger charge is 2.38. The number of rotatable bonds is 4. The van der Waals surface area contributed by atoms with Crippen molar-refractivity contribution in [1.82, 2.24) is 9.03 Å². The Balaban J connectivity index is 2.81. The molecule has 1 aliphatic heterocycles. The van der Waals surface area contributed by atoms with E-state index in [9.17, 15) is 13.2 Å². The van der Waals surface area contributed by atoms with Crippen LogP contribution in [0.2, 0.25) is 0 Å².